The maximum atomic E-state index is 12.5. The fourth-order valence-electron chi connectivity index (χ4n) is 3.82. The smallest absolute Gasteiger partial charge is 0.124 e. The molecular formula is C28H48FNO2. The summed E-state index contributed by atoms with van der Waals surface area (Å²) >= 11 is 0. The van der Waals surface area contributed by atoms with E-state index in [1.165, 1.54) is 121 Å². The number of rotatable bonds is 19. The van der Waals surface area contributed by atoms with Crippen molar-refractivity contribution in [3.8, 4) is 6.07 Å². The molecule has 4 heteroatoms. The fourth-order valence-corrected chi connectivity index (χ4v) is 3.82. The van der Waals surface area contributed by atoms with E-state index in [9.17, 15) is 4.39 Å². The Bertz CT molecular complexity index is 553. The SMILES string of the molecule is CCCCCCCCCCCCCCCCCCCCO.N#Cc1cc(F)cc(CO)c1. The van der Waals surface area contributed by atoms with E-state index in [1.54, 1.807) is 6.07 Å². The third kappa shape index (κ3) is 20.5. The summed E-state index contributed by atoms with van der Waals surface area (Å²) in [5.74, 6) is -0.492. The molecule has 184 valence electrons. The van der Waals surface area contributed by atoms with Crippen molar-refractivity contribution in [2.45, 2.75) is 129 Å². The lowest BCUT2D eigenvalue weighted by atomic mass is 10.0. The van der Waals surface area contributed by atoms with E-state index in [-0.39, 0.29) is 12.2 Å². The summed E-state index contributed by atoms with van der Waals surface area (Å²) < 4.78 is 12.5. The molecule has 1 rings (SSSR count). The summed E-state index contributed by atoms with van der Waals surface area (Å²) in [5.41, 5.74) is 0.649. The van der Waals surface area contributed by atoms with Crippen LogP contribution >= 0.6 is 0 Å². The molecule has 0 bridgehead atoms. The van der Waals surface area contributed by atoms with Gasteiger partial charge in [-0.2, -0.15) is 5.26 Å². The Labute approximate surface area is 197 Å². The van der Waals surface area contributed by atoms with Crippen LogP contribution in [0.2, 0.25) is 0 Å². The standard InChI is InChI=1S/C20H42O.C8H6FNO/c1-2-3-4-5-6-7-8-9-10-11-12-13-14-15-16-17-18-19-20-21;9-8-2-6(4-10)1-7(3-8)5-11/h21H,2-20H2,1H3;1-3,11H,5H2. The van der Waals surface area contributed by atoms with Crippen molar-refractivity contribution in [1.82, 2.24) is 0 Å². The van der Waals surface area contributed by atoms with Gasteiger partial charge in [0.1, 0.15) is 5.82 Å². The number of halogens is 1. The first-order valence-electron chi connectivity index (χ1n) is 13.1. The molecule has 1 aromatic carbocycles. The third-order valence-corrected chi connectivity index (χ3v) is 5.78. The Morgan fingerprint density at radius 3 is 1.41 bits per heavy atom. The zero-order valence-corrected chi connectivity index (χ0v) is 20.6. The van der Waals surface area contributed by atoms with Gasteiger partial charge in [0, 0.05) is 6.61 Å². The van der Waals surface area contributed by atoms with Crippen LogP contribution < -0.4 is 0 Å². The van der Waals surface area contributed by atoms with Gasteiger partial charge in [0.15, 0.2) is 0 Å². The number of benzene rings is 1. The summed E-state index contributed by atoms with van der Waals surface area (Å²) in [6.07, 6.45) is 25.1. The van der Waals surface area contributed by atoms with Crippen LogP contribution in [-0.4, -0.2) is 16.8 Å². The summed E-state index contributed by atoms with van der Waals surface area (Å²) in [6.45, 7) is 2.42. The Hall–Kier alpha value is -1.44. The van der Waals surface area contributed by atoms with Crippen molar-refractivity contribution < 1.29 is 14.6 Å². The van der Waals surface area contributed by atoms with Crippen LogP contribution in [0.1, 0.15) is 134 Å². The molecule has 0 radical (unpaired) electrons. The highest BCUT2D eigenvalue weighted by Gasteiger charge is 1.98. The van der Waals surface area contributed by atoms with E-state index in [0.717, 1.165) is 12.5 Å². The molecule has 0 unspecified atom stereocenters. The van der Waals surface area contributed by atoms with Gasteiger partial charge in [0.2, 0.25) is 0 Å². The Morgan fingerprint density at radius 2 is 1.06 bits per heavy atom. The van der Waals surface area contributed by atoms with Gasteiger partial charge >= 0.3 is 0 Å². The van der Waals surface area contributed by atoms with Crippen LogP contribution in [-0.2, 0) is 6.61 Å². The lowest BCUT2D eigenvalue weighted by Crippen LogP contribution is -1.87. The van der Waals surface area contributed by atoms with E-state index < -0.39 is 5.82 Å². The molecule has 0 saturated carbocycles. The Morgan fingerprint density at radius 1 is 0.656 bits per heavy atom. The molecule has 32 heavy (non-hydrogen) atoms. The molecule has 0 fully saturated rings. The van der Waals surface area contributed by atoms with Crippen LogP contribution in [0.15, 0.2) is 18.2 Å². The van der Waals surface area contributed by atoms with Crippen LogP contribution in [0.3, 0.4) is 0 Å². The summed E-state index contributed by atoms with van der Waals surface area (Å²) in [7, 11) is 0. The Balaban J connectivity index is 0.000000726. The number of aliphatic hydroxyl groups excluding tert-OH is 2. The molecule has 0 aliphatic heterocycles. The first-order chi connectivity index (χ1) is 15.7. The number of hydrogen-bond acceptors (Lipinski definition) is 3. The summed E-state index contributed by atoms with van der Waals surface area (Å²) in [6, 6.07) is 5.56. The van der Waals surface area contributed by atoms with E-state index in [4.69, 9.17) is 15.5 Å². The number of aliphatic hydroxyl groups is 2. The molecule has 0 amide bonds. The van der Waals surface area contributed by atoms with Crippen LogP contribution in [0.5, 0.6) is 0 Å². The normalized spacial score (nSPS) is 10.5. The summed E-state index contributed by atoms with van der Waals surface area (Å²) in [4.78, 5) is 0. The molecule has 0 saturated heterocycles. The second kappa shape index (κ2) is 24.2. The van der Waals surface area contributed by atoms with Gasteiger partial charge in [-0.25, -0.2) is 4.39 Å². The van der Waals surface area contributed by atoms with Gasteiger partial charge in [0.25, 0.3) is 0 Å². The Kier molecular flexibility index (Phi) is 23.1. The van der Waals surface area contributed by atoms with Crippen molar-refractivity contribution in [1.29, 1.82) is 5.26 Å². The maximum absolute atomic E-state index is 12.5. The average Bonchev–Trinajstić information content (AvgIpc) is 2.81. The highest BCUT2D eigenvalue weighted by Crippen LogP contribution is 2.14. The van der Waals surface area contributed by atoms with Crippen LogP contribution in [0.4, 0.5) is 4.39 Å². The van der Waals surface area contributed by atoms with Crippen LogP contribution in [0.25, 0.3) is 0 Å². The highest BCUT2D eigenvalue weighted by atomic mass is 19.1. The summed E-state index contributed by atoms with van der Waals surface area (Å²) in [5, 5.41) is 25.7. The van der Waals surface area contributed by atoms with Gasteiger partial charge in [-0.3, -0.25) is 0 Å². The average molecular weight is 450 g/mol. The fraction of sp³-hybridized carbons (Fsp3) is 0.750. The molecule has 1 aromatic rings. The number of nitriles is 1. The first kappa shape index (κ1) is 30.6. The zero-order valence-electron chi connectivity index (χ0n) is 20.6. The predicted molar refractivity (Wildman–Crippen MR) is 133 cm³/mol. The van der Waals surface area contributed by atoms with Gasteiger partial charge in [-0.05, 0) is 30.2 Å². The van der Waals surface area contributed by atoms with Gasteiger partial charge < -0.3 is 10.2 Å². The van der Waals surface area contributed by atoms with E-state index >= 15 is 0 Å². The second-order valence-electron chi connectivity index (χ2n) is 8.85. The van der Waals surface area contributed by atoms with Gasteiger partial charge in [-0.15, -0.1) is 0 Å². The largest absolute Gasteiger partial charge is 0.396 e. The highest BCUT2D eigenvalue weighted by molar-refractivity contribution is 5.33. The van der Waals surface area contributed by atoms with E-state index in [0.29, 0.717) is 12.2 Å². The molecule has 0 atom stereocenters. The molecule has 0 aromatic heterocycles. The minimum absolute atomic E-state index is 0.231. The minimum atomic E-state index is -0.492. The quantitative estimate of drug-likeness (QED) is 0.209. The van der Waals surface area contributed by atoms with E-state index in [1.807, 2.05) is 0 Å². The molecule has 2 N–H and O–H groups in total. The molecular weight excluding hydrogens is 401 g/mol. The lowest BCUT2D eigenvalue weighted by molar-refractivity contribution is 0.281. The maximum Gasteiger partial charge on any atom is 0.124 e. The van der Waals surface area contributed by atoms with Crippen LogP contribution in [0, 0.1) is 17.1 Å². The van der Waals surface area contributed by atoms with Gasteiger partial charge in [0.05, 0.1) is 18.2 Å². The van der Waals surface area contributed by atoms with Gasteiger partial charge in [-0.1, -0.05) is 116 Å². The van der Waals surface area contributed by atoms with Crippen molar-refractivity contribution in [3.63, 3.8) is 0 Å². The van der Waals surface area contributed by atoms with Crippen molar-refractivity contribution >= 4 is 0 Å². The number of nitrogens with zero attached hydrogens (tertiary/aromatic N) is 1. The van der Waals surface area contributed by atoms with E-state index in [2.05, 4.69) is 6.92 Å². The zero-order chi connectivity index (χ0) is 23.7. The van der Waals surface area contributed by atoms with Crippen molar-refractivity contribution in [3.05, 3.63) is 35.1 Å². The monoisotopic (exact) mass is 449 g/mol. The minimum Gasteiger partial charge on any atom is -0.396 e. The lowest BCUT2D eigenvalue weighted by Gasteiger charge is -2.03. The molecule has 0 aliphatic rings. The first-order valence-corrected chi connectivity index (χ1v) is 13.1. The molecule has 3 nitrogen and oxygen atoms in total. The molecule has 0 aliphatic carbocycles. The second-order valence-corrected chi connectivity index (χ2v) is 8.85. The third-order valence-electron chi connectivity index (χ3n) is 5.78. The van der Waals surface area contributed by atoms with Crippen molar-refractivity contribution in [2.75, 3.05) is 6.61 Å². The topological polar surface area (TPSA) is 64.2 Å². The predicted octanol–water partition coefficient (Wildman–Crippen LogP) is 8.21. The molecule has 0 spiro atoms. The number of unbranched alkanes of at least 4 members (excludes halogenated alkanes) is 17. The number of hydrogen-bond donors (Lipinski definition) is 2. The van der Waals surface area contributed by atoms with Crippen molar-refractivity contribution in [2.24, 2.45) is 0 Å². The molecule has 0 heterocycles.